The molecule has 0 bridgehead atoms. The minimum absolute atomic E-state index is 0.659. The second-order valence-corrected chi connectivity index (χ2v) is 3.64. The van der Waals surface area contributed by atoms with Gasteiger partial charge in [-0.2, -0.15) is 14.7 Å². The molecule has 0 aliphatic rings. The van der Waals surface area contributed by atoms with Crippen LogP contribution in [-0.2, 0) is 4.79 Å². The van der Waals surface area contributed by atoms with Crippen LogP contribution in [0.1, 0.15) is 6.42 Å². The third kappa shape index (κ3) is 4.36. The first-order chi connectivity index (χ1) is 4.88. The summed E-state index contributed by atoms with van der Waals surface area (Å²) in [7, 11) is -4.48. The van der Waals surface area contributed by atoms with Crippen molar-refractivity contribution in [2.45, 2.75) is 12.5 Å². The maximum Gasteiger partial charge on any atom is 0.478 e. The Balaban J connectivity index is 3.88. The van der Waals surface area contributed by atoms with Crippen molar-refractivity contribution in [3.8, 4) is 0 Å². The normalized spacial score (nSPS) is 14.6. The highest BCUT2D eigenvalue weighted by molar-refractivity contribution is 7.76. The lowest BCUT2D eigenvalue weighted by Gasteiger charge is -2.04. The van der Waals surface area contributed by atoms with Gasteiger partial charge in [-0.05, 0) is 0 Å². The Morgan fingerprint density at radius 1 is 1.36 bits per heavy atom. The van der Waals surface area contributed by atoms with Crippen molar-refractivity contribution in [3.05, 3.63) is 0 Å². The average molecular weight is 185 g/mol. The van der Waals surface area contributed by atoms with Crippen LogP contribution in [0.4, 0.5) is 0 Å². The predicted octanol–water partition coefficient (Wildman–Crippen LogP) is -2.00. The number of hydrogen-bond donors (Lipinski definition) is 5. The number of carbonyl (C=O) groups is 1. The van der Waals surface area contributed by atoms with Crippen LogP contribution < -0.4 is 0 Å². The fourth-order valence-electron chi connectivity index (χ4n) is 0.389. The van der Waals surface area contributed by atoms with Crippen LogP contribution in [0, 0.1) is 0 Å². The van der Waals surface area contributed by atoms with E-state index in [9.17, 15) is 4.79 Å². The van der Waals surface area contributed by atoms with Gasteiger partial charge >= 0.3 is 13.5 Å². The molecule has 7 heteroatoms. The smallest absolute Gasteiger partial charge is 0.394 e. The molecule has 1 atom stereocenters. The van der Waals surface area contributed by atoms with Crippen LogP contribution in [0.2, 0.25) is 0 Å². The molecule has 0 saturated heterocycles. The first kappa shape index (κ1) is 10.9. The Hall–Kier alpha value is -0.100. The SMILES string of the molecule is O=C(CC(O)CO)[P+](O)(O)O. The lowest BCUT2D eigenvalue weighted by molar-refractivity contribution is -0.116. The number of carbonyl (C=O) groups excluding carboxylic acids is 1. The van der Waals surface area contributed by atoms with Crippen molar-refractivity contribution in [2.75, 3.05) is 6.61 Å². The molecule has 0 amide bonds. The van der Waals surface area contributed by atoms with Crippen molar-refractivity contribution in [1.82, 2.24) is 0 Å². The third-order valence-electron chi connectivity index (χ3n) is 0.956. The molecule has 6 nitrogen and oxygen atoms in total. The van der Waals surface area contributed by atoms with Crippen molar-refractivity contribution >= 4 is 13.5 Å². The van der Waals surface area contributed by atoms with Crippen LogP contribution >= 0.6 is 7.94 Å². The zero-order chi connectivity index (χ0) is 9.07. The summed E-state index contributed by atoms with van der Waals surface area (Å²) in [6.45, 7) is -0.661. The molecule has 0 heterocycles. The van der Waals surface area contributed by atoms with Crippen LogP contribution in [0.15, 0.2) is 0 Å². The number of aliphatic hydroxyl groups excluding tert-OH is 2. The van der Waals surface area contributed by atoms with Gasteiger partial charge in [0.25, 0.3) is 0 Å². The lowest BCUT2D eigenvalue weighted by Crippen LogP contribution is -2.18. The zero-order valence-electron chi connectivity index (χ0n) is 5.58. The molecule has 0 rings (SSSR count). The van der Waals surface area contributed by atoms with Gasteiger partial charge in [0.1, 0.15) is 0 Å². The standard InChI is InChI=1S/C4H10O6P/c5-2-3(6)1-4(7)11(8,9)10/h3,5-6,8-10H,1-2H2/q+1. The van der Waals surface area contributed by atoms with Gasteiger partial charge in [0.15, 0.2) is 0 Å². The van der Waals surface area contributed by atoms with Crippen LogP contribution in [0.25, 0.3) is 0 Å². The minimum Gasteiger partial charge on any atom is -0.394 e. The van der Waals surface area contributed by atoms with E-state index in [1.54, 1.807) is 0 Å². The highest BCUT2D eigenvalue weighted by atomic mass is 31.2. The van der Waals surface area contributed by atoms with E-state index >= 15 is 0 Å². The summed E-state index contributed by atoms with van der Waals surface area (Å²) >= 11 is 0. The van der Waals surface area contributed by atoms with E-state index in [0.717, 1.165) is 0 Å². The summed E-state index contributed by atoms with van der Waals surface area (Å²) in [4.78, 5) is 35.4. The maximum absolute atomic E-state index is 10.5. The lowest BCUT2D eigenvalue weighted by atomic mass is 10.3. The molecule has 0 aromatic rings. The zero-order valence-corrected chi connectivity index (χ0v) is 6.48. The number of hydrogen-bond acceptors (Lipinski definition) is 6. The molecule has 0 spiro atoms. The quantitative estimate of drug-likeness (QED) is 0.323. The van der Waals surface area contributed by atoms with Gasteiger partial charge in [0, 0.05) is 0 Å². The number of aliphatic hydroxyl groups is 2. The van der Waals surface area contributed by atoms with E-state index in [1.165, 1.54) is 0 Å². The Morgan fingerprint density at radius 3 is 2.09 bits per heavy atom. The molecule has 5 N–H and O–H groups in total. The highest BCUT2D eigenvalue weighted by Crippen LogP contribution is 2.46. The summed E-state index contributed by atoms with van der Waals surface area (Å²) in [5.74, 6) is 0. The van der Waals surface area contributed by atoms with Crippen molar-refractivity contribution in [2.24, 2.45) is 0 Å². The summed E-state index contributed by atoms with van der Waals surface area (Å²) in [6, 6.07) is 0. The Morgan fingerprint density at radius 2 is 1.82 bits per heavy atom. The molecule has 0 aliphatic carbocycles. The van der Waals surface area contributed by atoms with E-state index in [1.807, 2.05) is 0 Å². The molecule has 0 radical (unpaired) electrons. The summed E-state index contributed by atoms with van der Waals surface area (Å²) < 4.78 is 0. The molecule has 66 valence electrons. The fraction of sp³-hybridized carbons (Fsp3) is 0.750. The number of rotatable bonds is 4. The van der Waals surface area contributed by atoms with Crippen LogP contribution in [0.3, 0.4) is 0 Å². The minimum atomic E-state index is -4.48. The van der Waals surface area contributed by atoms with Gasteiger partial charge in [-0.15, -0.1) is 0 Å². The summed E-state index contributed by atoms with van der Waals surface area (Å²) in [5, 5.41) is 16.8. The van der Waals surface area contributed by atoms with Crippen molar-refractivity contribution in [1.29, 1.82) is 0 Å². The third-order valence-corrected chi connectivity index (χ3v) is 1.81. The van der Waals surface area contributed by atoms with Gasteiger partial charge in [-0.25, -0.2) is 4.79 Å². The molecule has 11 heavy (non-hydrogen) atoms. The molecule has 0 aromatic carbocycles. The van der Waals surface area contributed by atoms with Gasteiger partial charge in [-0.3, -0.25) is 0 Å². The van der Waals surface area contributed by atoms with E-state index in [2.05, 4.69) is 0 Å². The largest absolute Gasteiger partial charge is 0.478 e. The van der Waals surface area contributed by atoms with Crippen molar-refractivity contribution in [3.63, 3.8) is 0 Å². The first-order valence-corrected chi connectivity index (χ1v) is 4.42. The molecular weight excluding hydrogens is 175 g/mol. The topological polar surface area (TPSA) is 118 Å². The van der Waals surface area contributed by atoms with Gasteiger partial charge in [-0.1, -0.05) is 0 Å². The average Bonchev–Trinajstić information content (AvgIpc) is 1.85. The summed E-state index contributed by atoms with van der Waals surface area (Å²) in [6.07, 6.45) is -2.01. The van der Waals surface area contributed by atoms with E-state index < -0.39 is 32.6 Å². The van der Waals surface area contributed by atoms with Crippen LogP contribution in [-0.4, -0.2) is 43.1 Å². The highest BCUT2D eigenvalue weighted by Gasteiger charge is 2.42. The Labute approximate surface area is 63.3 Å². The second kappa shape index (κ2) is 4.06. The van der Waals surface area contributed by atoms with E-state index in [-0.39, 0.29) is 0 Å². The molecule has 1 unspecified atom stereocenters. The monoisotopic (exact) mass is 185 g/mol. The maximum atomic E-state index is 10.5. The molecule has 0 saturated carbocycles. The van der Waals surface area contributed by atoms with E-state index in [4.69, 9.17) is 24.9 Å². The Bertz CT molecular complexity index is 140. The van der Waals surface area contributed by atoms with Gasteiger partial charge < -0.3 is 10.2 Å². The Kier molecular flexibility index (Phi) is 4.02. The fourth-order valence-corrected chi connectivity index (χ4v) is 0.844. The van der Waals surface area contributed by atoms with Crippen molar-refractivity contribution < 1.29 is 29.7 Å². The van der Waals surface area contributed by atoms with Crippen LogP contribution in [0.5, 0.6) is 0 Å². The first-order valence-electron chi connectivity index (χ1n) is 2.77. The van der Waals surface area contributed by atoms with E-state index in [0.29, 0.717) is 0 Å². The predicted molar refractivity (Wildman–Crippen MR) is 36.3 cm³/mol. The molecule has 0 fully saturated rings. The van der Waals surface area contributed by atoms with Gasteiger partial charge in [0.2, 0.25) is 0 Å². The molecular formula is C4H10O6P+. The summed E-state index contributed by atoms with van der Waals surface area (Å²) in [5.41, 5.74) is -1.25. The molecule has 0 aliphatic heterocycles. The second-order valence-electron chi connectivity index (χ2n) is 2.00. The molecule has 0 aromatic heterocycles. The van der Waals surface area contributed by atoms with Gasteiger partial charge in [0.05, 0.1) is 19.1 Å².